The molecular weight excluding hydrogens is 216 g/mol. The predicted molar refractivity (Wildman–Crippen MR) is 63.1 cm³/mol. The minimum absolute atomic E-state index is 0.402. The summed E-state index contributed by atoms with van der Waals surface area (Å²) in [6.45, 7) is 1.78. The summed E-state index contributed by atoms with van der Waals surface area (Å²) >= 11 is 0. The van der Waals surface area contributed by atoms with Gasteiger partial charge in [0.25, 0.3) is 0 Å². The Kier molecular flexibility index (Phi) is 3.13. The van der Waals surface area contributed by atoms with Crippen molar-refractivity contribution >= 4 is 11.4 Å². The lowest BCUT2D eigenvalue weighted by atomic mass is 10.1. The molecule has 0 saturated carbocycles. The first-order chi connectivity index (χ1) is 8.24. The topological polar surface area (TPSA) is 86.1 Å². The fourth-order valence-corrected chi connectivity index (χ4v) is 1.81. The number of nitrogen functional groups attached to an aromatic ring is 1. The number of nitrogens with two attached hydrogens (primary N) is 1. The predicted octanol–water partition coefficient (Wildman–Crippen LogP) is 0.869. The van der Waals surface area contributed by atoms with Gasteiger partial charge >= 0.3 is 0 Å². The molecule has 0 amide bonds. The Morgan fingerprint density at radius 3 is 2.88 bits per heavy atom. The van der Waals surface area contributed by atoms with Gasteiger partial charge in [0.2, 0.25) is 0 Å². The first-order valence-corrected chi connectivity index (χ1v) is 5.30. The first-order valence-electron chi connectivity index (χ1n) is 5.30. The Balaban J connectivity index is 2.21. The van der Waals surface area contributed by atoms with Crippen molar-refractivity contribution in [2.75, 3.05) is 30.3 Å². The van der Waals surface area contributed by atoms with Gasteiger partial charge in [-0.25, -0.2) is 0 Å². The summed E-state index contributed by atoms with van der Waals surface area (Å²) in [6.07, 6.45) is -0.402. The monoisotopic (exact) mass is 228 g/mol. The summed E-state index contributed by atoms with van der Waals surface area (Å²) in [5.74, 6) is 0. The van der Waals surface area contributed by atoms with E-state index in [4.69, 9.17) is 21.0 Å². The number of rotatable bonds is 1. The molecule has 0 bridgehead atoms. The Morgan fingerprint density at radius 1 is 1.41 bits per heavy atom. The summed E-state index contributed by atoms with van der Waals surface area (Å²) in [5.41, 5.74) is 7.62. The van der Waals surface area contributed by atoms with Gasteiger partial charge in [0.05, 0.1) is 30.5 Å². The Morgan fingerprint density at radius 2 is 2.24 bits per heavy atom. The van der Waals surface area contributed by atoms with Gasteiger partial charge in [0, 0.05) is 12.2 Å². The van der Waals surface area contributed by atoms with E-state index in [1.54, 1.807) is 12.1 Å². The molecule has 2 N–H and O–H groups in total. The molecule has 5 heteroatoms. The maximum Gasteiger partial charge on any atom is 0.161 e. The van der Waals surface area contributed by atoms with Crippen molar-refractivity contribution in [3.05, 3.63) is 23.8 Å². The molecule has 1 aliphatic heterocycles. The number of benzene rings is 1. The van der Waals surface area contributed by atoms with Gasteiger partial charge in [0.1, 0.15) is 6.07 Å². The highest BCUT2D eigenvalue weighted by Gasteiger charge is 2.20. The zero-order valence-electron chi connectivity index (χ0n) is 9.26. The van der Waals surface area contributed by atoms with Crippen LogP contribution in [0.1, 0.15) is 5.56 Å². The van der Waals surface area contributed by atoms with E-state index in [-0.39, 0.29) is 0 Å². The van der Waals surface area contributed by atoms with E-state index in [0.29, 0.717) is 24.4 Å². The van der Waals surface area contributed by atoms with Crippen molar-refractivity contribution in [3.8, 4) is 12.1 Å². The van der Waals surface area contributed by atoms with Crippen LogP contribution in [0.2, 0.25) is 0 Å². The minimum atomic E-state index is -0.402. The molecule has 0 spiro atoms. The van der Waals surface area contributed by atoms with Gasteiger partial charge in [-0.05, 0) is 18.2 Å². The zero-order chi connectivity index (χ0) is 12.3. The van der Waals surface area contributed by atoms with E-state index in [1.807, 2.05) is 17.0 Å². The minimum Gasteiger partial charge on any atom is -0.398 e. The van der Waals surface area contributed by atoms with E-state index in [1.165, 1.54) is 0 Å². The van der Waals surface area contributed by atoms with Gasteiger partial charge in [-0.3, -0.25) is 0 Å². The van der Waals surface area contributed by atoms with Crippen molar-refractivity contribution in [3.63, 3.8) is 0 Å². The number of anilines is 2. The molecule has 0 aliphatic carbocycles. The molecule has 1 aliphatic rings. The van der Waals surface area contributed by atoms with Gasteiger partial charge in [-0.1, -0.05) is 0 Å². The largest absolute Gasteiger partial charge is 0.398 e. The Labute approximate surface area is 99.6 Å². The lowest BCUT2D eigenvalue weighted by Gasteiger charge is -2.31. The molecule has 5 nitrogen and oxygen atoms in total. The van der Waals surface area contributed by atoms with E-state index in [9.17, 15) is 0 Å². The Hall–Kier alpha value is -2.24. The number of hydrogen-bond acceptors (Lipinski definition) is 5. The summed E-state index contributed by atoms with van der Waals surface area (Å²) in [4.78, 5) is 2.04. The quantitative estimate of drug-likeness (QED) is 0.721. The third-order valence-electron chi connectivity index (χ3n) is 2.73. The van der Waals surface area contributed by atoms with E-state index in [2.05, 4.69) is 6.07 Å². The lowest BCUT2D eigenvalue weighted by molar-refractivity contribution is 0.0764. The van der Waals surface area contributed by atoms with Crippen LogP contribution in [0, 0.1) is 22.7 Å². The molecule has 0 aromatic heterocycles. The number of nitrogens with zero attached hydrogens (tertiary/aromatic N) is 3. The van der Waals surface area contributed by atoms with Crippen LogP contribution in [0.25, 0.3) is 0 Å². The van der Waals surface area contributed by atoms with Gasteiger partial charge in [0.15, 0.2) is 6.10 Å². The highest BCUT2D eigenvalue weighted by Crippen LogP contribution is 2.22. The van der Waals surface area contributed by atoms with Gasteiger partial charge < -0.3 is 15.4 Å². The van der Waals surface area contributed by atoms with Crippen LogP contribution < -0.4 is 10.6 Å². The molecule has 1 atom stereocenters. The van der Waals surface area contributed by atoms with E-state index >= 15 is 0 Å². The van der Waals surface area contributed by atoms with Gasteiger partial charge in [-0.15, -0.1) is 0 Å². The second kappa shape index (κ2) is 4.73. The summed E-state index contributed by atoms with van der Waals surface area (Å²) < 4.78 is 5.27. The highest BCUT2D eigenvalue weighted by atomic mass is 16.5. The molecule has 86 valence electrons. The second-order valence-electron chi connectivity index (χ2n) is 3.82. The number of hydrogen-bond donors (Lipinski definition) is 1. The lowest BCUT2D eigenvalue weighted by Crippen LogP contribution is -2.41. The fraction of sp³-hybridized carbons (Fsp3) is 0.333. The molecule has 1 unspecified atom stereocenters. The van der Waals surface area contributed by atoms with Crippen LogP contribution in [0.3, 0.4) is 0 Å². The van der Waals surface area contributed by atoms with Crippen LogP contribution in [0.15, 0.2) is 18.2 Å². The first kappa shape index (κ1) is 11.3. The fourth-order valence-electron chi connectivity index (χ4n) is 1.81. The molecule has 1 fully saturated rings. The van der Waals surface area contributed by atoms with Gasteiger partial charge in [-0.2, -0.15) is 10.5 Å². The Bertz CT molecular complexity index is 500. The van der Waals surface area contributed by atoms with Crippen molar-refractivity contribution in [1.29, 1.82) is 10.5 Å². The zero-order valence-corrected chi connectivity index (χ0v) is 9.26. The van der Waals surface area contributed by atoms with Crippen LogP contribution in [0.4, 0.5) is 11.4 Å². The molecule has 1 aromatic carbocycles. The molecular formula is C12H12N4O. The summed E-state index contributed by atoms with van der Waals surface area (Å²) in [6, 6.07) is 9.42. The van der Waals surface area contributed by atoms with Crippen LogP contribution in [0.5, 0.6) is 0 Å². The number of morpholine rings is 1. The van der Waals surface area contributed by atoms with Crippen LogP contribution >= 0.6 is 0 Å². The van der Waals surface area contributed by atoms with Crippen molar-refractivity contribution < 1.29 is 4.74 Å². The molecule has 1 heterocycles. The maximum absolute atomic E-state index is 8.82. The van der Waals surface area contributed by atoms with Crippen LogP contribution in [-0.2, 0) is 4.74 Å². The van der Waals surface area contributed by atoms with Crippen molar-refractivity contribution in [2.45, 2.75) is 6.10 Å². The van der Waals surface area contributed by atoms with Crippen LogP contribution in [-0.4, -0.2) is 25.8 Å². The van der Waals surface area contributed by atoms with Crippen molar-refractivity contribution in [1.82, 2.24) is 0 Å². The highest BCUT2D eigenvalue weighted by molar-refractivity contribution is 5.63. The standard InChI is InChI=1S/C12H12N4O/c13-6-9-1-2-10(5-12(9)15)16-3-4-17-11(7-14)8-16/h1-2,5,11H,3-4,8,15H2. The molecule has 2 rings (SSSR count). The third kappa shape index (κ3) is 2.30. The van der Waals surface area contributed by atoms with E-state index in [0.717, 1.165) is 12.2 Å². The third-order valence-corrected chi connectivity index (χ3v) is 2.73. The average Bonchev–Trinajstić information content (AvgIpc) is 2.38. The maximum atomic E-state index is 8.82. The SMILES string of the molecule is N#Cc1ccc(N2CCOC(C#N)C2)cc1N. The molecule has 1 aromatic rings. The number of nitriles is 2. The molecule has 1 saturated heterocycles. The molecule has 17 heavy (non-hydrogen) atoms. The second-order valence-corrected chi connectivity index (χ2v) is 3.82. The van der Waals surface area contributed by atoms with E-state index < -0.39 is 6.10 Å². The summed E-state index contributed by atoms with van der Waals surface area (Å²) in [7, 11) is 0. The average molecular weight is 228 g/mol. The summed E-state index contributed by atoms with van der Waals surface area (Å²) in [5, 5.41) is 17.6. The van der Waals surface area contributed by atoms with Crippen molar-refractivity contribution in [2.24, 2.45) is 0 Å². The molecule has 0 radical (unpaired) electrons. The number of ether oxygens (including phenoxy) is 1. The smallest absolute Gasteiger partial charge is 0.161 e. The normalized spacial score (nSPS) is 19.4.